The number of pyridine rings is 1. The van der Waals surface area contributed by atoms with E-state index in [-0.39, 0.29) is 5.82 Å². The number of halogens is 1. The Bertz CT molecular complexity index is 1090. The van der Waals surface area contributed by atoms with Crippen LogP contribution in [0.1, 0.15) is 5.69 Å². The molecule has 0 aliphatic carbocycles. The zero-order valence-electron chi connectivity index (χ0n) is 14.4. The van der Waals surface area contributed by atoms with Crippen LogP contribution in [0.15, 0.2) is 61.2 Å². The fraction of sp³-hybridized carbons (Fsp3) is 0.100. The van der Waals surface area contributed by atoms with Crippen molar-refractivity contribution < 1.29 is 9.13 Å². The topological polar surface area (TPSA) is 52.0 Å². The number of benzene rings is 2. The number of ether oxygens (including phenoxy) is 1. The van der Waals surface area contributed by atoms with Crippen molar-refractivity contribution in [3.8, 4) is 11.4 Å². The van der Waals surface area contributed by atoms with Gasteiger partial charge in [-0.05, 0) is 37.3 Å². The number of hydrogen-bond acceptors (Lipinski definition) is 4. The van der Waals surface area contributed by atoms with Crippen molar-refractivity contribution >= 4 is 22.3 Å². The molecule has 0 radical (unpaired) electrons. The molecule has 0 atom stereocenters. The van der Waals surface area contributed by atoms with Gasteiger partial charge in [-0.2, -0.15) is 0 Å². The summed E-state index contributed by atoms with van der Waals surface area (Å²) in [5.74, 6) is 0.412. The molecule has 2 aromatic heterocycles. The van der Waals surface area contributed by atoms with Crippen molar-refractivity contribution in [1.82, 2.24) is 14.5 Å². The summed E-state index contributed by atoms with van der Waals surface area (Å²) in [6, 6.07) is 12.2. The maximum Gasteiger partial charge on any atom is 0.124 e. The lowest BCUT2D eigenvalue weighted by molar-refractivity contribution is 0.415. The summed E-state index contributed by atoms with van der Waals surface area (Å²) in [7, 11) is 1.62. The lowest BCUT2D eigenvalue weighted by Gasteiger charge is -2.13. The van der Waals surface area contributed by atoms with Crippen LogP contribution in [0.4, 0.5) is 15.8 Å². The SMILES string of the molecule is COc1cc(Nc2ccnc3ccc(F)cc23)cc(-n2cnc(C)c2)c1. The zero-order valence-corrected chi connectivity index (χ0v) is 14.4. The van der Waals surface area contributed by atoms with E-state index in [1.165, 1.54) is 12.1 Å². The monoisotopic (exact) mass is 348 g/mol. The highest BCUT2D eigenvalue weighted by Gasteiger charge is 2.08. The van der Waals surface area contributed by atoms with Crippen LogP contribution in [0, 0.1) is 12.7 Å². The summed E-state index contributed by atoms with van der Waals surface area (Å²) in [6.07, 6.45) is 5.39. The van der Waals surface area contributed by atoms with Crippen LogP contribution in [-0.2, 0) is 0 Å². The van der Waals surface area contributed by atoms with Crippen molar-refractivity contribution in [2.75, 3.05) is 12.4 Å². The van der Waals surface area contributed by atoms with Crippen LogP contribution in [0.25, 0.3) is 16.6 Å². The van der Waals surface area contributed by atoms with Gasteiger partial charge in [0.05, 0.1) is 30.3 Å². The highest BCUT2D eigenvalue weighted by molar-refractivity contribution is 5.93. The van der Waals surface area contributed by atoms with Crippen LogP contribution in [0.5, 0.6) is 5.75 Å². The second-order valence-electron chi connectivity index (χ2n) is 5.99. The van der Waals surface area contributed by atoms with Crippen molar-refractivity contribution in [1.29, 1.82) is 0 Å². The third-order valence-electron chi connectivity index (χ3n) is 4.12. The average Bonchev–Trinajstić information content (AvgIpc) is 3.08. The standard InChI is InChI=1S/C20H17FN4O/c1-13-11-25(12-23-13)16-8-15(9-17(10-16)26-2)24-20-5-6-22-19-4-3-14(21)7-18(19)20/h3-12H,1-2H3,(H,22,24). The Kier molecular flexibility index (Phi) is 4.01. The van der Waals surface area contributed by atoms with Crippen LogP contribution < -0.4 is 10.1 Å². The van der Waals surface area contributed by atoms with Gasteiger partial charge in [0.25, 0.3) is 0 Å². The van der Waals surface area contributed by atoms with Gasteiger partial charge in [0.2, 0.25) is 0 Å². The summed E-state index contributed by atoms with van der Waals surface area (Å²) in [6.45, 7) is 1.94. The number of aromatic nitrogens is 3. The Morgan fingerprint density at radius 3 is 2.73 bits per heavy atom. The van der Waals surface area contributed by atoms with Gasteiger partial charge in [-0.1, -0.05) is 0 Å². The molecule has 130 valence electrons. The second-order valence-corrected chi connectivity index (χ2v) is 5.99. The molecule has 4 aromatic rings. The number of rotatable bonds is 4. The summed E-state index contributed by atoms with van der Waals surface area (Å²) in [5, 5.41) is 4.06. The van der Waals surface area contributed by atoms with Crippen molar-refractivity contribution in [2.45, 2.75) is 6.92 Å². The zero-order chi connectivity index (χ0) is 18.1. The molecule has 0 bridgehead atoms. The maximum absolute atomic E-state index is 13.7. The van der Waals surface area contributed by atoms with Crippen LogP contribution in [-0.4, -0.2) is 21.6 Å². The quantitative estimate of drug-likeness (QED) is 0.585. The third-order valence-corrected chi connectivity index (χ3v) is 4.12. The minimum Gasteiger partial charge on any atom is -0.497 e. The van der Waals surface area contributed by atoms with Crippen molar-refractivity contribution in [3.63, 3.8) is 0 Å². The minimum absolute atomic E-state index is 0.297. The Balaban J connectivity index is 1.78. The van der Waals surface area contributed by atoms with E-state index in [1.807, 2.05) is 42.0 Å². The minimum atomic E-state index is -0.297. The van der Waals surface area contributed by atoms with Gasteiger partial charge in [-0.25, -0.2) is 9.37 Å². The van der Waals surface area contributed by atoms with Crippen LogP contribution >= 0.6 is 0 Å². The van der Waals surface area contributed by atoms with E-state index in [2.05, 4.69) is 15.3 Å². The molecule has 0 saturated heterocycles. The molecular formula is C20H17FN4O. The molecular weight excluding hydrogens is 331 g/mol. The molecule has 26 heavy (non-hydrogen) atoms. The first-order valence-corrected chi connectivity index (χ1v) is 8.14. The molecule has 0 aliphatic heterocycles. The van der Waals surface area contributed by atoms with Gasteiger partial charge in [-0.15, -0.1) is 0 Å². The van der Waals surface area contributed by atoms with E-state index in [9.17, 15) is 4.39 Å². The number of methoxy groups -OCH3 is 1. The molecule has 2 heterocycles. The van der Waals surface area contributed by atoms with E-state index >= 15 is 0 Å². The van der Waals surface area contributed by atoms with Gasteiger partial charge in [0.1, 0.15) is 11.6 Å². The lowest BCUT2D eigenvalue weighted by Crippen LogP contribution is -1.97. The largest absolute Gasteiger partial charge is 0.497 e. The number of aryl methyl sites for hydroxylation is 1. The molecule has 0 spiro atoms. The van der Waals surface area contributed by atoms with E-state index in [0.717, 1.165) is 33.7 Å². The van der Waals surface area contributed by atoms with E-state index in [0.29, 0.717) is 5.75 Å². The van der Waals surface area contributed by atoms with Gasteiger partial charge >= 0.3 is 0 Å². The predicted molar refractivity (Wildman–Crippen MR) is 99.8 cm³/mol. The fourth-order valence-electron chi connectivity index (χ4n) is 2.87. The predicted octanol–water partition coefficient (Wildman–Crippen LogP) is 4.62. The Morgan fingerprint density at radius 1 is 1.08 bits per heavy atom. The Labute approximate surface area is 150 Å². The van der Waals surface area contributed by atoms with Gasteiger partial charge in [0.15, 0.2) is 0 Å². The highest BCUT2D eigenvalue weighted by Crippen LogP contribution is 2.29. The summed E-state index contributed by atoms with van der Waals surface area (Å²) in [4.78, 5) is 8.55. The fourth-order valence-corrected chi connectivity index (χ4v) is 2.87. The number of anilines is 2. The Hall–Kier alpha value is -3.41. The number of nitrogens with one attached hydrogen (secondary N) is 1. The van der Waals surface area contributed by atoms with Crippen molar-refractivity contribution in [2.24, 2.45) is 0 Å². The molecule has 0 saturated carbocycles. The second kappa shape index (κ2) is 6.48. The van der Waals surface area contributed by atoms with Gasteiger partial charge < -0.3 is 14.6 Å². The molecule has 0 unspecified atom stereocenters. The molecule has 0 aliphatic rings. The Morgan fingerprint density at radius 2 is 1.96 bits per heavy atom. The maximum atomic E-state index is 13.7. The number of hydrogen-bond donors (Lipinski definition) is 1. The number of imidazole rings is 1. The first kappa shape index (κ1) is 16.1. The van der Waals surface area contributed by atoms with Gasteiger partial charge in [-0.3, -0.25) is 4.98 Å². The van der Waals surface area contributed by atoms with Crippen LogP contribution in [0.3, 0.4) is 0 Å². The third kappa shape index (κ3) is 3.09. The van der Waals surface area contributed by atoms with Gasteiger partial charge in [0, 0.05) is 41.3 Å². The highest BCUT2D eigenvalue weighted by atomic mass is 19.1. The molecule has 4 rings (SSSR count). The summed E-state index contributed by atoms with van der Waals surface area (Å²) < 4.78 is 21.0. The molecule has 6 heteroatoms. The lowest BCUT2D eigenvalue weighted by atomic mass is 10.1. The van der Waals surface area contributed by atoms with Crippen molar-refractivity contribution in [3.05, 3.63) is 72.7 Å². The first-order valence-electron chi connectivity index (χ1n) is 8.14. The normalized spacial score (nSPS) is 10.9. The molecule has 1 N–H and O–H groups in total. The van der Waals surface area contributed by atoms with Crippen LogP contribution in [0.2, 0.25) is 0 Å². The number of nitrogens with zero attached hydrogens (tertiary/aromatic N) is 3. The summed E-state index contributed by atoms with van der Waals surface area (Å²) >= 11 is 0. The smallest absolute Gasteiger partial charge is 0.124 e. The first-order chi connectivity index (χ1) is 12.6. The van der Waals surface area contributed by atoms with E-state index in [1.54, 1.807) is 25.7 Å². The molecule has 0 fully saturated rings. The number of fused-ring (bicyclic) bond motifs is 1. The van der Waals surface area contributed by atoms with E-state index in [4.69, 9.17) is 4.74 Å². The molecule has 0 amide bonds. The molecule has 5 nitrogen and oxygen atoms in total. The summed E-state index contributed by atoms with van der Waals surface area (Å²) in [5.41, 5.74) is 4.16. The average molecular weight is 348 g/mol. The van der Waals surface area contributed by atoms with E-state index < -0.39 is 0 Å². The molecule has 2 aromatic carbocycles.